The van der Waals surface area contributed by atoms with Crippen LogP contribution in [0.25, 0.3) is 0 Å². The molecule has 0 aromatic heterocycles. The zero-order valence-corrected chi connectivity index (χ0v) is 13.0. The fourth-order valence-corrected chi connectivity index (χ4v) is 3.42. The molecule has 7 nitrogen and oxygen atoms in total. The molecule has 3 aliphatic rings. The molecule has 124 valence electrons. The third-order valence-corrected chi connectivity index (χ3v) is 4.51. The van der Waals surface area contributed by atoms with Gasteiger partial charge in [-0.3, -0.25) is 19.8 Å². The van der Waals surface area contributed by atoms with Gasteiger partial charge in [0.1, 0.15) is 5.75 Å². The van der Waals surface area contributed by atoms with Gasteiger partial charge in [0.05, 0.1) is 24.0 Å². The zero-order valence-electron chi connectivity index (χ0n) is 13.0. The minimum absolute atomic E-state index is 0.280. The summed E-state index contributed by atoms with van der Waals surface area (Å²) in [5, 5.41) is 0.812. The van der Waals surface area contributed by atoms with E-state index in [1.165, 1.54) is 0 Å². The monoisotopic (exact) mass is 328 g/mol. The maximum Gasteiger partial charge on any atom is 0.276 e. The second-order valence-corrected chi connectivity index (χ2v) is 6.15. The van der Waals surface area contributed by atoms with Gasteiger partial charge in [-0.2, -0.15) is 5.01 Å². The molecular weight excluding hydrogens is 312 g/mol. The van der Waals surface area contributed by atoms with Crippen LogP contribution in [0.3, 0.4) is 0 Å². The standard InChI is InChI=1S/C17H16N2O5/c1-9-3-2-4-10(7-9)23-8-13(20)18-19-16(21)14-11-5-6-12(24-11)15(14)17(19)22/h2-7,11-12,14-15H,8H2,1H3,(H,18,20)/t11-,12-,14-,15-/m0/s1. The molecule has 3 heterocycles. The third-order valence-electron chi connectivity index (χ3n) is 4.51. The lowest BCUT2D eigenvalue weighted by molar-refractivity contribution is -0.151. The van der Waals surface area contributed by atoms with Crippen molar-refractivity contribution in [1.82, 2.24) is 10.4 Å². The molecule has 2 bridgehead atoms. The molecule has 1 aromatic carbocycles. The lowest BCUT2D eigenvalue weighted by Crippen LogP contribution is -2.49. The van der Waals surface area contributed by atoms with Gasteiger partial charge in [-0.15, -0.1) is 0 Å². The summed E-state index contributed by atoms with van der Waals surface area (Å²) in [6.45, 7) is 1.63. The smallest absolute Gasteiger partial charge is 0.276 e. The van der Waals surface area contributed by atoms with E-state index in [0.717, 1.165) is 10.6 Å². The molecule has 0 saturated carbocycles. The number of ether oxygens (including phenoxy) is 2. The SMILES string of the molecule is Cc1cccc(OCC(=O)NN2C(=O)[C@@H]3[C@@H](C2=O)[C@@H]2C=C[C@@H]3O2)c1. The summed E-state index contributed by atoms with van der Waals surface area (Å²) >= 11 is 0. The highest BCUT2D eigenvalue weighted by atomic mass is 16.5. The number of carbonyl (C=O) groups excluding carboxylic acids is 3. The summed E-state index contributed by atoms with van der Waals surface area (Å²) in [4.78, 5) is 36.8. The maximum absolute atomic E-state index is 12.4. The fraction of sp³-hybridized carbons (Fsp3) is 0.353. The van der Waals surface area contributed by atoms with Crippen LogP contribution in [0, 0.1) is 18.8 Å². The predicted octanol–water partition coefficient (Wildman–Crippen LogP) is 0.343. The molecule has 2 fully saturated rings. The fourth-order valence-electron chi connectivity index (χ4n) is 3.42. The van der Waals surface area contributed by atoms with Gasteiger partial charge in [-0.05, 0) is 24.6 Å². The van der Waals surface area contributed by atoms with Crippen molar-refractivity contribution in [2.24, 2.45) is 11.8 Å². The Balaban J connectivity index is 1.38. The van der Waals surface area contributed by atoms with E-state index >= 15 is 0 Å². The summed E-state index contributed by atoms with van der Waals surface area (Å²) < 4.78 is 10.9. The molecule has 0 radical (unpaired) electrons. The molecule has 24 heavy (non-hydrogen) atoms. The molecule has 0 unspecified atom stereocenters. The van der Waals surface area contributed by atoms with Crippen LogP contribution in [0.4, 0.5) is 0 Å². The predicted molar refractivity (Wildman–Crippen MR) is 81.5 cm³/mol. The number of carbonyl (C=O) groups is 3. The first kappa shape index (κ1) is 14.9. The van der Waals surface area contributed by atoms with Gasteiger partial charge in [-0.25, -0.2) is 0 Å². The molecule has 1 N–H and O–H groups in total. The Labute approximate surface area is 138 Å². The number of hydrogen-bond acceptors (Lipinski definition) is 5. The van der Waals surface area contributed by atoms with E-state index in [1.807, 2.05) is 19.1 Å². The number of rotatable bonds is 4. The van der Waals surface area contributed by atoms with Crippen LogP contribution < -0.4 is 10.2 Å². The van der Waals surface area contributed by atoms with Gasteiger partial charge >= 0.3 is 0 Å². The van der Waals surface area contributed by atoms with Crippen LogP contribution in [0.2, 0.25) is 0 Å². The first-order valence-corrected chi connectivity index (χ1v) is 7.75. The highest BCUT2D eigenvalue weighted by Gasteiger charge is 2.61. The summed E-state index contributed by atoms with van der Waals surface area (Å²) in [5.74, 6) is -1.93. The highest BCUT2D eigenvalue weighted by molar-refractivity contribution is 6.07. The van der Waals surface area contributed by atoms with Crippen LogP contribution in [0.1, 0.15) is 5.56 Å². The third kappa shape index (κ3) is 2.28. The van der Waals surface area contributed by atoms with Crippen LogP contribution in [-0.2, 0) is 19.1 Å². The number of hydrazine groups is 1. The van der Waals surface area contributed by atoms with E-state index in [2.05, 4.69) is 5.43 Å². The van der Waals surface area contributed by atoms with Crippen LogP contribution in [0.5, 0.6) is 5.75 Å². The maximum atomic E-state index is 12.4. The van der Waals surface area contributed by atoms with Gasteiger partial charge < -0.3 is 9.47 Å². The number of benzene rings is 1. The topological polar surface area (TPSA) is 84.9 Å². The average Bonchev–Trinajstić information content (AvgIpc) is 3.23. The first-order valence-electron chi connectivity index (χ1n) is 7.75. The minimum atomic E-state index is -0.556. The van der Waals surface area contributed by atoms with Crippen LogP contribution >= 0.6 is 0 Å². The molecule has 7 heteroatoms. The molecule has 0 aliphatic carbocycles. The Morgan fingerprint density at radius 2 is 1.88 bits per heavy atom. The number of nitrogens with one attached hydrogen (secondary N) is 1. The molecule has 4 rings (SSSR count). The Kier molecular flexibility index (Phi) is 3.38. The Bertz CT molecular complexity index is 729. The Hall–Kier alpha value is -2.67. The average molecular weight is 328 g/mol. The molecule has 3 aliphatic heterocycles. The van der Waals surface area contributed by atoms with E-state index in [4.69, 9.17) is 9.47 Å². The lowest BCUT2D eigenvalue weighted by Gasteiger charge is -2.18. The van der Waals surface area contributed by atoms with Crippen molar-refractivity contribution in [1.29, 1.82) is 0 Å². The second kappa shape index (κ2) is 5.45. The van der Waals surface area contributed by atoms with Crippen molar-refractivity contribution < 1.29 is 23.9 Å². The van der Waals surface area contributed by atoms with Gasteiger partial charge in [0.25, 0.3) is 17.7 Å². The summed E-state index contributed by atoms with van der Waals surface area (Å²) in [5.41, 5.74) is 3.36. The highest BCUT2D eigenvalue weighted by Crippen LogP contribution is 2.44. The molecule has 3 amide bonds. The number of imide groups is 1. The summed E-state index contributed by atoms with van der Waals surface area (Å²) in [7, 11) is 0. The van der Waals surface area contributed by atoms with E-state index in [-0.39, 0.29) is 18.8 Å². The largest absolute Gasteiger partial charge is 0.484 e. The number of nitrogens with zero attached hydrogens (tertiary/aromatic N) is 1. The van der Waals surface area contributed by atoms with Crippen molar-refractivity contribution in [2.45, 2.75) is 19.1 Å². The molecule has 0 spiro atoms. The quantitative estimate of drug-likeness (QED) is 0.636. The Morgan fingerprint density at radius 1 is 1.21 bits per heavy atom. The first-order chi connectivity index (χ1) is 11.5. The molecule has 2 saturated heterocycles. The van der Waals surface area contributed by atoms with Gasteiger partial charge in [-0.1, -0.05) is 24.3 Å². The van der Waals surface area contributed by atoms with Crippen LogP contribution in [0.15, 0.2) is 36.4 Å². The number of aryl methyl sites for hydroxylation is 1. The van der Waals surface area contributed by atoms with Crippen molar-refractivity contribution >= 4 is 17.7 Å². The molecular formula is C17H16N2O5. The number of fused-ring (bicyclic) bond motifs is 5. The van der Waals surface area contributed by atoms with E-state index in [9.17, 15) is 14.4 Å². The van der Waals surface area contributed by atoms with Gasteiger partial charge in [0.2, 0.25) is 0 Å². The Morgan fingerprint density at radius 3 is 2.50 bits per heavy atom. The molecule has 1 aromatic rings. The number of hydrogen-bond donors (Lipinski definition) is 1. The minimum Gasteiger partial charge on any atom is -0.484 e. The van der Waals surface area contributed by atoms with Crippen LogP contribution in [-0.4, -0.2) is 41.5 Å². The van der Waals surface area contributed by atoms with E-state index in [0.29, 0.717) is 5.75 Å². The normalized spacial score (nSPS) is 30.0. The molecule has 4 atom stereocenters. The second-order valence-electron chi connectivity index (χ2n) is 6.15. The van der Waals surface area contributed by atoms with Gasteiger partial charge in [0, 0.05) is 0 Å². The van der Waals surface area contributed by atoms with Gasteiger partial charge in [0.15, 0.2) is 6.61 Å². The zero-order chi connectivity index (χ0) is 16.8. The van der Waals surface area contributed by atoms with E-state index < -0.39 is 29.6 Å². The lowest BCUT2D eigenvalue weighted by atomic mass is 9.85. The number of amides is 3. The van der Waals surface area contributed by atoms with E-state index in [1.54, 1.807) is 24.3 Å². The van der Waals surface area contributed by atoms with Crippen molar-refractivity contribution in [3.8, 4) is 5.75 Å². The summed E-state index contributed by atoms with van der Waals surface area (Å²) in [6, 6.07) is 7.26. The summed E-state index contributed by atoms with van der Waals surface area (Å²) in [6.07, 6.45) is 2.84. The van der Waals surface area contributed by atoms with Crippen molar-refractivity contribution in [3.05, 3.63) is 42.0 Å². The van der Waals surface area contributed by atoms with Crippen molar-refractivity contribution in [3.63, 3.8) is 0 Å². The van der Waals surface area contributed by atoms with Crippen molar-refractivity contribution in [2.75, 3.05) is 6.61 Å².